The number of rotatable bonds is 7. The third-order valence-corrected chi connectivity index (χ3v) is 5.90. The van der Waals surface area contributed by atoms with E-state index in [0.717, 1.165) is 12.8 Å². The van der Waals surface area contributed by atoms with Gasteiger partial charge in [0.1, 0.15) is 0 Å². The standard InChI is InChI=1S/C17H27N3O3S.ClH/c1-2-24(22,23)20-15-11-7-6-10-14(15)17(21)19-16(12-18)13-8-4-3-5-9-13;/h6-7,10-11,13,16,20H,2-5,8-9,12,18H2,1H3,(H,19,21);1H. The summed E-state index contributed by atoms with van der Waals surface area (Å²) in [5.74, 6) is 0.0637. The lowest BCUT2D eigenvalue weighted by atomic mass is 9.84. The first-order valence-corrected chi connectivity index (χ1v) is 10.2. The number of halogens is 1. The van der Waals surface area contributed by atoms with Crippen molar-refractivity contribution in [3.8, 4) is 0 Å². The quantitative estimate of drug-likeness (QED) is 0.666. The normalized spacial score (nSPS) is 16.6. The van der Waals surface area contributed by atoms with Crippen molar-refractivity contribution in [2.45, 2.75) is 45.1 Å². The minimum absolute atomic E-state index is 0. The number of amides is 1. The molecule has 1 aromatic carbocycles. The number of benzene rings is 1. The SMILES string of the molecule is CCS(=O)(=O)Nc1ccccc1C(=O)NC(CN)C1CCCCC1.Cl. The third kappa shape index (κ3) is 6.17. The first-order chi connectivity index (χ1) is 11.5. The number of nitrogens with one attached hydrogen (secondary N) is 2. The second-order valence-corrected chi connectivity index (χ2v) is 8.28. The third-order valence-electron chi connectivity index (χ3n) is 4.61. The highest BCUT2D eigenvalue weighted by molar-refractivity contribution is 7.92. The molecule has 0 aromatic heterocycles. The second kappa shape index (κ2) is 9.99. The number of nitrogens with two attached hydrogens (primary N) is 1. The van der Waals surface area contributed by atoms with Gasteiger partial charge in [-0.05, 0) is 37.8 Å². The number of hydrogen-bond acceptors (Lipinski definition) is 4. The molecule has 1 aliphatic carbocycles. The molecular formula is C17H28ClN3O3S. The van der Waals surface area contributed by atoms with Crippen LogP contribution in [0.15, 0.2) is 24.3 Å². The van der Waals surface area contributed by atoms with Crippen LogP contribution in [0.5, 0.6) is 0 Å². The molecule has 1 aromatic rings. The monoisotopic (exact) mass is 389 g/mol. The molecule has 0 heterocycles. The van der Waals surface area contributed by atoms with Crippen LogP contribution in [0, 0.1) is 5.92 Å². The molecule has 2 rings (SSSR count). The van der Waals surface area contributed by atoms with Crippen LogP contribution in [0.25, 0.3) is 0 Å². The van der Waals surface area contributed by atoms with Gasteiger partial charge in [0.25, 0.3) is 5.91 Å². The van der Waals surface area contributed by atoms with Crippen LogP contribution < -0.4 is 15.8 Å². The summed E-state index contributed by atoms with van der Waals surface area (Å²) in [4.78, 5) is 12.7. The minimum Gasteiger partial charge on any atom is -0.348 e. The Morgan fingerprint density at radius 2 is 1.88 bits per heavy atom. The molecule has 25 heavy (non-hydrogen) atoms. The van der Waals surface area contributed by atoms with Crippen molar-refractivity contribution in [1.29, 1.82) is 0 Å². The zero-order chi connectivity index (χ0) is 17.6. The Bertz CT molecular complexity index is 661. The van der Waals surface area contributed by atoms with Gasteiger partial charge in [-0.25, -0.2) is 8.42 Å². The molecule has 0 saturated heterocycles. The highest BCUT2D eigenvalue weighted by Gasteiger charge is 2.25. The Balaban J connectivity index is 0.00000312. The summed E-state index contributed by atoms with van der Waals surface area (Å²) < 4.78 is 26.1. The Labute approximate surface area is 156 Å². The largest absolute Gasteiger partial charge is 0.348 e. The lowest BCUT2D eigenvalue weighted by Crippen LogP contribution is -2.46. The smallest absolute Gasteiger partial charge is 0.253 e. The maximum absolute atomic E-state index is 12.7. The summed E-state index contributed by atoms with van der Waals surface area (Å²) in [6, 6.07) is 6.56. The van der Waals surface area contributed by atoms with Gasteiger partial charge in [0.2, 0.25) is 10.0 Å². The van der Waals surface area contributed by atoms with Crippen molar-refractivity contribution < 1.29 is 13.2 Å². The predicted octanol–water partition coefficient (Wildman–Crippen LogP) is 2.51. The molecule has 1 amide bonds. The molecule has 0 bridgehead atoms. The molecule has 8 heteroatoms. The van der Waals surface area contributed by atoms with E-state index >= 15 is 0 Å². The van der Waals surface area contributed by atoms with Crippen LogP contribution in [0.2, 0.25) is 0 Å². The molecule has 1 saturated carbocycles. The molecule has 6 nitrogen and oxygen atoms in total. The zero-order valence-corrected chi connectivity index (χ0v) is 16.2. The van der Waals surface area contributed by atoms with Crippen molar-refractivity contribution in [3.63, 3.8) is 0 Å². The fraction of sp³-hybridized carbons (Fsp3) is 0.588. The molecule has 0 radical (unpaired) electrons. The summed E-state index contributed by atoms with van der Waals surface area (Å²) in [6.07, 6.45) is 5.73. The van der Waals surface area contributed by atoms with Crippen molar-refractivity contribution >= 4 is 34.0 Å². The van der Waals surface area contributed by atoms with Crippen LogP contribution in [0.1, 0.15) is 49.4 Å². The van der Waals surface area contributed by atoms with E-state index in [4.69, 9.17) is 5.73 Å². The van der Waals surface area contributed by atoms with E-state index in [2.05, 4.69) is 10.0 Å². The zero-order valence-electron chi connectivity index (χ0n) is 14.5. The van der Waals surface area contributed by atoms with Crippen molar-refractivity contribution in [1.82, 2.24) is 5.32 Å². The summed E-state index contributed by atoms with van der Waals surface area (Å²) in [7, 11) is -3.44. The second-order valence-electron chi connectivity index (χ2n) is 6.26. The number of carbonyl (C=O) groups is 1. The van der Waals surface area contributed by atoms with Crippen molar-refractivity contribution in [2.24, 2.45) is 11.7 Å². The molecule has 4 N–H and O–H groups in total. The number of hydrogen-bond donors (Lipinski definition) is 3. The molecular weight excluding hydrogens is 362 g/mol. The van der Waals surface area contributed by atoms with Crippen LogP contribution in [-0.4, -0.2) is 32.7 Å². The van der Waals surface area contributed by atoms with Crippen LogP contribution >= 0.6 is 12.4 Å². The highest BCUT2D eigenvalue weighted by Crippen LogP contribution is 2.26. The van der Waals surface area contributed by atoms with Gasteiger partial charge in [0, 0.05) is 12.6 Å². The predicted molar refractivity (Wildman–Crippen MR) is 104 cm³/mol. The molecule has 0 aliphatic heterocycles. The average molecular weight is 390 g/mol. The molecule has 1 unspecified atom stereocenters. The minimum atomic E-state index is -3.44. The molecule has 0 spiro atoms. The topological polar surface area (TPSA) is 101 Å². The number of para-hydroxylation sites is 1. The Morgan fingerprint density at radius 3 is 2.48 bits per heavy atom. The molecule has 1 aliphatic rings. The highest BCUT2D eigenvalue weighted by atomic mass is 35.5. The first kappa shape index (κ1) is 21.7. The van der Waals surface area contributed by atoms with E-state index in [1.54, 1.807) is 31.2 Å². The molecule has 1 fully saturated rings. The van der Waals surface area contributed by atoms with Gasteiger partial charge in [-0.2, -0.15) is 0 Å². The molecule has 1 atom stereocenters. The van der Waals surface area contributed by atoms with Crippen molar-refractivity contribution in [2.75, 3.05) is 17.0 Å². The summed E-state index contributed by atoms with van der Waals surface area (Å²) >= 11 is 0. The van der Waals surface area contributed by atoms with E-state index in [-0.39, 0.29) is 30.1 Å². The van der Waals surface area contributed by atoms with E-state index in [9.17, 15) is 13.2 Å². The van der Waals surface area contributed by atoms with Gasteiger partial charge in [0.05, 0.1) is 17.0 Å². The first-order valence-electron chi connectivity index (χ1n) is 8.57. The van der Waals surface area contributed by atoms with Crippen LogP contribution in [0.3, 0.4) is 0 Å². The summed E-state index contributed by atoms with van der Waals surface area (Å²) in [5.41, 5.74) is 6.49. The van der Waals surface area contributed by atoms with Gasteiger partial charge < -0.3 is 11.1 Å². The lowest BCUT2D eigenvalue weighted by Gasteiger charge is -2.30. The van der Waals surface area contributed by atoms with Crippen LogP contribution in [0.4, 0.5) is 5.69 Å². The number of anilines is 1. The van der Waals surface area contributed by atoms with E-state index < -0.39 is 10.0 Å². The van der Waals surface area contributed by atoms with E-state index in [0.29, 0.717) is 23.7 Å². The van der Waals surface area contributed by atoms with Gasteiger partial charge in [-0.15, -0.1) is 12.4 Å². The van der Waals surface area contributed by atoms with Gasteiger partial charge in [0.15, 0.2) is 0 Å². The average Bonchev–Trinajstić information content (AvgIpc) is 2.60. The Kier molecular flexibility index (Phi) is 8.68. The molecule has 142 valence electrons. The summed E-state index contributed by atoms with van der Waals surface area (Å²) in [6.45, 7) is 1.94. The lowest BCUT2D eigenvalue weighted by molar-refractivity contribution is 0.0916. The van der Waals surface area contributed by atoms with E-state index in [1.807, 2.05) is 0 Å². The number of sulfonamides is 1. The van der Waals surface area contributed by atoms with E-state index in [1.165, 1.54) is 19.3 Å². The van der Waals surface area contributed by atoms with Gasteiger partial charge in [-0.1, -0.05) is 31.4 Å². The maximum Gasteiger partial charge on any atom is 0.253 e. The van der Waals surface area contributed by atoms with Crippen LogP contribution in [-0.2, 0) is 10.0 Å². The maximum atomic E-state index is 12.7. The number of carbonyl (C=O) groups excluding carboxylic acids is 1. The van der Waals surface area contributed by atoms with Gasteiger partial charge >= 0.3 is 0 Å². The Hall–Kier alpha value is -1.31. The van der Waals surface area contributed by atoms with Gasteiger partial charge in [-0.3, -0.25) is 9.52 Å². The Morgan fingerprint density at radius 1 is 1.24 bits per heavy atom. The fourth-order valence-corrected chi connectivity index (χ4v) is 3.82. The fourth-order valence-electron chi connectivity index (χ4n) is 3.16. The van der Waals surface area contributed by atoms with Crippen molar-refractivity contribution in [3.05, 3.63) is 29.8 Å². The summed E-state index contributed by atoms with van der Waals surface area (Å²) in [5, 5.41) is 3.00.